The van der Waals surface area contributed by atoms with Gasteiger partial charge in [-0.15, -0.1) is 4.73 Å². The number of rotatable bonds is 6. The summed E-state index contributed by atoms with van der Waals surface area (Å²) in [5.74, 6) is 0.886. The molecule has 0 atom stereocenters. The van der Waals surface area contributed by atoms with Gasteiger partial charge in [0, 0.05) is 11.1 Å². The summed E-state index contributed by atoms with van der Waals surface area (Å²) in [5, 5.41) is 12.3. The standard InChI is InChI=1S/C18H15ClN2O5S/c1-25-18-17(3-2-12-21(18)22)20-27(23,24)16-10-8-15(9-11-16)26-14-6-4-13(19)5-7-14/h2-12,20H,1H3. The molecule has 3 rings (SSSR count). The van der Waals surface area contributed by atoms with Crippen LogP contribution in [0, 0.1) is 5.21 Å². The van der Waals surface area contributed by atoms with Gasteiger partial charge in [0.15, 0.2) is 11.9 Å². The normalized spacial score (nSPS) is 11.0. The lowest BCUT2D eigenvalue weighted by Gasteiger charge is -2.11. The van der Waals surface area contributed by atoms with Crippen molar-refractivity contribution in [3.63, 3.8) is 0 Å². The molecule has 0 spiro atoms. The molecule has 1 aromatic heterocycles. The van der Waals surface area contributed by atoms with E-state index in [0.29, 0.717) is 21.3 Å². The van der Waals surface area contributed by atoms with Gasteiger partial charge in [0.1, 0.15) is 11.5 Å². The van der Waals surface area contributed by atoms with Crippen molar-refractivity contribution in [2.75, 3.05) is 11.8 Å². The lowest BCUT2D eigenvalue weighted by Crippen LogP contribution is -2.29. The van der Waals surface area contributed by atoms with E-state index in [9.17, 15) is 13.6 Å². The molecule has 0 aliphatic heterocycles. The molecule has 0 radical (unpaired) electrons. The first-order chi connectivity index (χ1) is 12.9. The third-order valence-electron chi connectivity index (χ3n) is 3.54. The smallest absolute Gasteiger partial charge is 0.404 e. The molecule has 0 saturated heterocycles. The summed E-state index contributed by atoms with van der Waals surface area (Å²) >= 11 is 5.82. The lowest BCUT2D eigenvalue weighted by molar-refractivity contribution is -0.611. The van der Waals surface area contributed by atoms with Crippen LogP contribution in [0.2, 0.25) is 5.02 Å². The van der Waals surface area contributed by atoms with Crippen LogP contribution in [0.15, 0.2) is 71.8 Å². The predicted molar refractivity (Wildman–Crippen MR) is 101 cm³/mol. The summed E-state index contributed by atoms with van der Waals surface area (Å²) in [5.41, 5.74) is 0.0384. The Balaban J connectivity index is 1.79. The molecule has 0 aliphatic rings. The van der Waals surface area contributed by atoms with Crippen molar-refractivity contribution in [1.82, 2.24) is 0 Å². The average Bonchev–Trinajstić information content (AvgIpc) is 2.64. The molecule has 9 heteroatoms. The first-order valence-electron chi connectivity index (χ1n) is 7.71. The number of ether oxygens (including phenoxy) is 2. The Kier molecular flexibility index (Phi) is 5.38. The first-order valence-corrected chi connectivity index (χ1v) is 9.57. The largest absolute Gasteiger partial charge is 0.616 e. The van der Waals surface area contributed by atoms with Crippen LogP contribution in [0.3, 0.4) is 0 Å². The number of hydrogen-bond donors (Lipinski definition) is 1. The summed E-state index contributed by atoms with van der Waals surface area (Å²) < 4.78 is 38.5. The Morgan fingerprint density at radius 1 is 1.00 bits per heavy atom. The summed E-state index contributed by atoms with van der Waals surface area (Å²) in [4.78, 5) is 0.00862. The maximum atomic E-state index is 12.6. The number of hydrogen-bond acceptors (Lipinski definition) is 5. The van der Waals surface area contributed by atoms with Crippen molar-refractivity contribution in [2.45, 2.75) is 4.90 Å². The maximum absolute atomic E-state index is 12.6. The molecule has 7 nitrogen and oxygen atoms in total. The third-order valence-corrected chi connectivity index (χ3v) is 5.17. The Hall–Kier alpha value is -2.97. The fourth-order valence-electron chi connectivity index (χ4n) is 2.28. The molecular weight excluding hydrogens is 392 g/mol. The number of nitrogens with one attached hydrogen (secondary N) is 1. The van der Waals surface area contributed by atoms with Crippen LogP contribution in [-0.2, 0) is 10.0 Å². The van der Waals surface area contributed by atoms with Crippen LogP contribution in [0.4, 0.5) is 5.69 Å². The summed E-state index contributed by atoms with van der Waals surface area (Å²) in [6.07, 6.45) is 1.21. The minimum atomic E-state index is -3.91. The molecule has 1 N–H and O–H groups in total. The molecule has 140 valence electrons. The van der Waals surface area contributed by atoms with Gasteiger partial charge in [-0.05, 0) is 54.6 Å². The highest BCUT2D eigenvalue weighted by Gasteiger charge is 2.20. The first kappa shape index (κ1) is 18.8. The zero-order valence-electron chi connectivity index (χ0n) is 14.1. The van der Waals surface area contributed by atoms with Gasteiger partial charge >= 0.3 is 5.88 Å². The number of pyridine rings is 1. The molecule has 0 saturated carbocycles. The Labute approximate surface area is 161 Å². The molecule has 27 heavy (non-hydrogen) atoms. The van der Waals surface area contributed by atoms with E-state index in [1.54, 1.807) is 24.3 Å². The van der Waals surface area contributed by atoms with E-state index < -0.39 is 10.0 Å². The second-order valence-electron chi connectivity index (χ2n) is 5.39. The lowest BCUT2D eigenvalue weighted by atomic mass is 10.3. The number of nitrogens with zero attached hydrogens (tertiary/aromatic N) is 1. The topological polar surface area (TPSA) is 91.6 Å². The van der Waals surface area contributed by atoms with Gasteiger partial charge in [-0.2, -0.15) is 0 Å². The van der Waals surface area contributed by atoms with E-state index in [1.165, 1.54) is 49.7 Å². The van der Waals surface area contributed by atoms with Crippen LogP contribution in [0.5, 0.6) is 17.4 Å². The van der Waals surface area contributed by atoms with Crippen molar-refractivity contribution in [3.8, 4) is 17.4 Å². The van der Waals surface area contributed by atoms with Gasteiger partial charge in [-0.25, -0.2) is 8.42 Å². The predicted octanol–water partition coefficient (Wildman–Crippen LogP) is 3.58. The van der Waals surface area contributed by atoms with Gasteiger partial charge < -0.3 is 14.7 Å². The van der Waals surface area contributed by atoms with Crippen molar-refractivity contribution >= 4 is 27.3 Å². The summed E-state index contributed by atoms with van der Waals surface area (Å²) in [7, 11) is -2.63. The van der Waals surface area contributed by atoms with Crippen molar-refractivity contribution in [1.29, 1.82) is 0 Å². The van der Waals surface area contributed by atoms with E-state index in [2.05, 4.69) is 4.72 Å². The number of aromatic nitrogens is 1. The van der Waals surface area contributed by atoms with E-state index in [4.69, 9.17) is 21.1 Å². The summed E-state index contributed by atoms with van der Waals surface area (Å²) in [6.45, 7) is 0. The Morgan fingerprint density at radius 3 is 2.19 bits per heavy atom. The highest BCUT2D eigenvalue weighted by Crippen LogP contribution is 2.26. The van der Waals surface area contributed by atoms with Crippen molar-refractivity contribution < 1.29 is 22.6 Å². The number of methoxy groups -OCH3 is 1. The van der Waals surface area contributed by atoms with Gasteiger partial charge in [-0.1, -0.05) is 11.6 Å². The second-order valence-corrected chi connectivity index (χ2v) is 7.51. The van der Waals surface area contributed by atoms with Crippen LogP contribution < -0.4 is 18.9 Å². The zero-order valence-corrected chi connectivity index (χ0v) is 15.7. The minimum Gasteiger partial charge on any atom is -0.616 e. The highest BCUT2D eigenvalue weighted by molar-refractivity contribution is 7.92. The van der Waals surface area contributed by atoms with Crippen LogP contribution >= 0.6 is 11.6 Å². The molecule has 1 heterocycles. The van der Waals surface area contributed by atoms with Gasteiger partial charge in [0.25, 0.3) is 10.0 Å². The van der Waals surface area contributed by atoms with E-state index in [0.717, 1.165) is 0 Å². The Bertz CT molecular complexity index is 1040. The Morgan fingerprint density at radius 2 is 1.59 bits per heavy atom. The number of halogens is 1. The fraction of sp³-hybridized carbons (Fsp3) is 0.0556. The highest BCUT2D eigenvalue weighted by atomic mass is 35.5. The van der Waals surface area contributed by atoms with Crippen molar-refractivity contribution in [3.05, 3.63) is 77.1 Å². The van der Waals surface area contributed by atoms with Crippen molar-refractivity contribution in [2.24, 2.45) is 0 Å². The maximum Gasteiger partial charge on any atom is 0.404 e. The quantitative estimate of drug-likeness (QED) is 0.499. The molecule has 0 amide bonds. The van der Waals surface area contributed by atoms with Crippen LogP contribution in [0.25, 0.3) is 0 Å². The van der Waals surface area contributed by atoms with E-state index >= 15 is 0 Å². The molecule has 0 aliphatic carbocycles. The van der Waals surface area contributed by atoms with Crippen LogP contribution in [0.1, 0.15) is 0 Å². The zero-order chi connectivity index (χ0) is 19.4. The molecule has 0 bridgehead atoms. The fourth-order valence-corrected chi connectivity index (χ4v) is 3.47. The SMILES string of the molecule is COc1c(NS(=O)(=O)c2ccc(Oc3ccc(Cl)cc3)cc2)ccc[n+]1[O-]. The van der Waals surface area contributed by atoms with Crippen LogP contribution in [-0.4, -0.2) is 15.5 Å². The molecule has 0 fully saturated rings. The molecule has 3 aromatic rings. The van der Waals surface area contributed by atoms with Gasteiger partial charge in [0.05, 0.1) is 12.0 Å². The van der Waals surface area contributed by atoms with E-state index in [-0.39, 0.29) is 16.5 Å². The molecule has 0 unspecified atom stereocenters. The molecular formula is C18H15ClN2O5S. The number of sulfonamides is 1. The number of benzene rings is 2. The third kappa shape index (κ3) is 4.42. The van der Waals surface area contributed by atoms with E-state index in [1.807, 2.05) is 0 Å². The average molecular weight is 407 g/mol. The van der Waals surface area contributed by atoms with Gasteiger partial charge in [0.2, 0.25) is 0 Å². The minimum absolute atomic E-state index is 0.00862. The van der Waals surface area contributed by atoms with Gasteiger partial charge in [-0.3, -0.25) is 4.72 Å². The number of anilines is 1. The second kappa shape index (κ2) is 7.73. The molecule has 2 aromatic carbocycles. The summed E-state index contributed by atoms with van der Waals surface area (Å²) in [6, 6.07) is 15.5. The monoisotopic (exact) mass is 406 g/mol.